The molecule has 2 N–H and O–H groups in total. The summed E-state index contributed by atoms with van der Waals surface area (Å²) in [4.78, 5) is 11.4. The molecular weight excluding hydrogens is 200 g/mol. The van der Waals surface area contributed by atoms with Crippen molar-refractivity contribution in [3.05, 3.63) is 29.8 Å². The molecule has 0 spiro atoms. The van der Waals surface area contributed by atoms with E-state index in [0.717, 1.165) is 10.9 Å². The van der Waals surface area contributed by atoms with Gasteiger partial charge in [0.15, 0.2) is 0 Å². The molecular formula is C13H16N2O. The van der Waals surface area contributed by atoms with Gasteiger partial charge in [-0.05, 0) is 29.7 Å². The van der Waals surface area contributed by atoms with Crippen LogP contribution in [0.15, 0.2) is 24.3 Å². The number of carbonyl (C=O) groups is 1. The van der Waals surface area contributed by atoms with Crippen LogP contribution in [-0.2, 0) is 0 Å². The highest BCUT2D eigenvalue weighted by Crippen LogP contribution is 2.25. The molecule has 16 heavy (non-hydrogen) atoms. The quantitative estimate of drug-likeness (QED) is 0.796. The van der Waals surface area contributed by atoms with Crippen molar-refractivity contribution in [3.63, 3.8) is 0 Å². The average molecular weight is 216 g/mol. The molecule has 3 nitrogen and oxygen atoms in total. The largest absolute Gasteiger partial charge is 0.385 e. The van der Waals surface area contributed by atoms with Gasteiger partial charge in [-0.15, -0.1) is 0 Å². The maximum Gasteiger partial charge on any atom is 0.229 e. The number of hydrogen-bond donors (Lipinski definition) is 1. The summed E-state index contributed by atoms with van der Waals surface area (Å²) in [5.41, 5.74) is 7.96. The predicted molar refractivity (Wildman–Crippen MR) is 66.7 cm³/mol. The second-order valence-electron chi connectivity index (χ2n) is 4.40. The zero-order valence-electron chi connectivity index (χ0n) is 9.82. The van der Waals surface area contributed by atoms with Crippen LogP contribution in [0.25, 0.3) is 10.9 Å². The lowest BCUT2D eigenvalue weighted by Crippen LogP contribution is -2.08. The van der Waals surface area contributed by atoms with Crippen LogP contribution in [0, 0.1) is 0 Å². The van der Waals surface area contributed by atoms with E-state index in [1.165, 1.54) is 12.5 Å². The molecule has 0 fully saturated rings. The summed E-state index contributed by atoms with van der Waals surface area (Å²) in [6.07, 6.45) is 0. The van der Waals surface area contributed by atoms with Crippen LogP contribution in [0.4, 0.5) is 5.82 Å². The van der Waals surface area contributed by atoms with E-state index in [2.05, 4.69) is 19.9 Å². The van der Waals surface area contributed by atoms with Gasteiger partial charge in [0.2, 0.25) is 5.91 Å². The van der Waals surface area contributed by atoms with Gasteiger partial charge in [-0.25, -0.2) is 0 Å². The number of nitrogens with zero attached hydrogens (tertiary/aromatic N) is 1. The highest BCUT2D eigenvalue weighted by Gasteiger charge is 2.10. The van der Waals surface area contributed by atoms with Gasteiger partial charge in [0.1, 0.15) is 5.82 Å². The zero-order valence-corrected chi connectivity index (χ0v) is 9.82. The van der Waals surface area contributed by atoms with Gasteiger partial charge in [0, 0.05) is 12.3 Å². The number of hydrogen-bond acceptors (Lipinski definition) is 2. The third kappa shape index (κ3) is 1.58. The monoisotopic (exact) mass is 216 g/mol. The Morgan fingerprint density at radius 2 is 2.00 bits per heavy atom. The molecule has 0 radical (unpaired) electrons. The Morgan fingerprint density at radius 3 is 2.56 bits per heavy atom. The summed E-state index contributed by atoms with van der Waals surface area (Å²) < 4.78 is 1.54. The number of anilines is 1. The predicted octanol–water partition coefficient (Wildman–Crippen LogP) is 3.01. The van der Waals surface area contributed by atoms with Crippen molar-refractivity contribution in [1.29, 1.82) is 0 Å². The summed E-state index contributed by atoms with van der Waals surface area (Å²) in [5, 5.41) is 1.03. The molecule has 0 amide bonds. The minimum atomic E-state index is -0.0511. The smallest absolute Gasteiger partial charge is 0.229 e. The number of rotatable bonds is 1. The van der Waals surface area contributed by atoms with E-state index in [4.69, 9.17) is 5.73 Å². The number of aromatic nitrogens is 1. The van der Waals surface area contributed by atoms with Crippen LogP contribution >= 0.6 is 0 Å². The van der Waals surface area contributed by atoms with Crippen LogP contribution < -0.4 is 5.73 Å². The fraction of sp³-hybridized carbons (Fsp3) is 0.308. The minimum Gasteiger partial charge on any atom is -0.385 e. The highest BCUT2D eigenvalue weighted by atomic mass is 16.1. The Hall–Kier alpha value is -1.77. The standard InChI is InChI=1S/C13H16N2O/c1-8(2)10-4-5-12-11(6-10)7-13(14)15(12)9(3)16/h4-8H,14H2,1-3H3. The third-order valence-electron chi connectivity index (χ3n) is 2.84. The molecule has 0 unspecified atom stereocenters. The zero-order chi connectivity index (χ0) is 11.9. The molecule has 0 aliphatic carbocycles. The lowest BCUT2D eigenvalue weighted by Gasteiger charge is -2.06. The van der Waals surface area contributed by atoms with Crippen molar-refractivity contribution in [3.8, 4) is 0 Å². The average Bonchev–Trinajstić information content (AvgIpc) is 2.51. The van der Waals surface area contributed by atoms with Crippen molar-refractivity contribution in [2.75, 3.05) is 5.73 Å². The van der Waals surface area contributed by atoms with Crippen molar-refractivity contribution in [2.24, 2.45) is 0 Å². The van der Waals surface area contributed by atoms with E-state index in [9.17, 15) is 4.79 Å². The Balaban J connectivity index is 2.70. The van der Waals surface area contributed by atoms with Gasteiger partial charge in [-0.3, -0.25) is 9.36 Å². The molecule has 0 aliphatic heterocycles. The molecule has 0 saturated heterocycles. The van der Waals surface area contributed by atoms with Gasteiger partial charge >= 0.3 is 0 Å². The Morgan fingerprint density at radius 1 is 1.31 bits per heavy atom. The number of nitrogens with two attached hydrogens (primary N) is 1. The fourth-order valence-electron chi connectivity index (χ4n) is 1.97. The number of fused-ring (bicyclic) bond motifs is 1. The molecule has 2 aromatic rings. The van der Waals surface area contributed by atoms with Gasteiger partial charge < -0.3 is 5.73 Å². The van der Waals surface area contributed by atoms with Crippen LogP contribution in [0.2, 0.25) is 0 Å². The fourth-order valence-corrected chi connectivity index (χ4v) is 1.97. The molecule has 2 rings (SSSR count). The second kappa shape index (κ2) is 3.67. The van der Waals surface area contributed by atoms with Gasteiger partial charge in [0.05, 0.1) is 5.52 Å². The van der Waals surface area contributed by atoms with Crippen molar-refractivity contribution < 1.29 is 4.79 Å². The van der Waals surface area contributed by atoms with Gasteiger partial charge in [0.25, 0.3) is 0 Å². The third-order valence-corrected chi connectivity index (χ3v) is 2.84. The van der Waals surface area contributed by atoms with Crippen LogP contribution in [-0.4, -0.2) is 10.5 Å². The molecule has 0 bridgehead atoms. The van der Waals surface area contributed by atoms with Crippen LogP contribution in [0.1, 0.15) is 37.0 Å². The van der Waals surface area contributed by atoms with E-state index in [1.807, 2.05) is 18.2 Å². The van der Waals surface area contributed by atoms with E-state index < -0.39 is 0 Å². The number of nitrogen functional groups attached to an aromatic ring is 1. The Bertz CT molecular complexity index is 552. The summed E-state index contributed by atoms with van der Waals surface area (Å²) in [6.45, 7) is 5.81. The SMILES string of the molecule is CC(=O)n1c(N)cc2cc(C(C)C)ccc21. The maximum atomic E-state index is 11.4. The van der Waals surface area contributed by atoms with E-state index in [1.54, 1.807) is 4.57 Å². The van der Waals surface area contributed by atoms with Crippen molar-refractivity contribution in [1.82, 2.24) is 4.57 Å². The molecule has 1 aromatic carbocycles. The van der Waals surface area contributed by atoms with E-state index >= 15 is 0 Å². The Kier molecular flexibility index (Phi) is 2.46. The lowest BCUT2D eigenvalue weighted by atomic mass is 10.0. The number of benzene rings is 1. The Labute approximate surface area is 94.9 Å². The molecule has 0 atom stereocenters. The number of carbonyl (C=O) groups excluding carboxylic acids is 1. The molecule has 0 aliphatic rings. The van der Waals surface area contributed by atoms with Crippen LogP contribution in [0.3, 0.4) is 0 Å². The van der Waals surface area contributed by atoms with E-state index in [0.29, 0.717) is 11.7 Å². The summed E-state index contributed by atoms with van der Waals surface area (Å²) >= 11 is 0. The highest BCUT2D eigenvalue weighted by molar-refractivity contribution is 5.96. The van der Waals surface area contributed by atoms with E-state index in [-0.39, 0.29) is 5.91 Å². The summed E-state index contributed by atoms with van der Waals surface area (Å²) in [6, 6.07) is 7.95. The first-order valence-corrected chi connectivity index (χ1v) is 5.42. The minimum absolute atomic E-state index is 0.0511. The molecule has 3 heteroatoms. The maximum absolute atomic E-state index is 11.4. The topological polar surface area (TPSA) is 48.0 Å². The molecule has 0 saturated carbocycles. The normalized spacial score (nSPS) is 11.2. The molecule has 1 aromatic heterocycles. The first-order valence-electron chi connectivity index (χ1n) is 5.42. The van der Waals surface area contributed by atoms with Gasteiger partial charge in [-0.1, -0.05) is 19.9 Å². The second-order valence-corrected chi connectivity index (χ2v) is 4.40. The molecule has 84 valence electrons. The molecule has 1 heterocycles. The first kappa shape index (κ1) is 10.7. The van der Waals surface area contributed by atoms with Gasteiger partial charge in [-0.2, -0.15) is 0 Å². The first-order chi connectivity index (χ1) is 7.50. The van der Waals surface area contributed by atoms with Crippen molar-refractivity contribution in [2.45, 2.75) is 26.7 Å². The van der Waals surface area contributed by atoms with Crippen molar-refractivity contribution >= 4 is 22.6 Å². The summed E-state index contributed by atoms with van der Waals surface area (Å²) in [5.74, 6) is 0.930. The summed E-state index contributed by atoms with van der Waals surface area (Å²) in [7, 11) is 0. The lowest BCUT2D eigenvalue weighted by molar-refractivity contribution is 0.0944. The van der Waals surface area contributed by atoms with Crippen LogP contribution in [0.5, 0.6) is 0 Å².